The fourth-order valence-electron chi connectivity index (χ4n) is 2.80. The van der Waals surface area contributed by atoms with Crippen LogP contribution in [0.2, 0.25) is 0 Å². The predicted octanol–water partition coefficient (Wildman–Crippen LogP) is 2.65. The molecule has 0 aliphatic heterocycles. The van der Waals surface area contributed by atoms with Crippen molar-refractivity contribution in [1.82, 2.24) is 10.2 Å². The quantitative estimate of drug-likeness (QED) is 0.825. The minimum atomic E-state index is 0.157. The first kappa shape index (κ1) is 13.4. The highest BCUT2D eigenvalue weighted by atomic mass is 15.2. The first-order valence-corrected chi connectivity index (χ1v) is 6.99. The second kappa shape index (κ2) is 5.06. The Bertz CT molecular complexity index is 745. The molecule has 3 rings (SSSR count). The molecule has 0 radical (unpaired) electrons. The molecule has 1 aromatic carbocycles. The Hall–Kier alpha value is -2.61. The lowest BCUT2D eigenvalue weighted by Crippen LogP contribution is -2.12. The molecule has 1 aliphatic carbocycles. The van der Waals surface area contributed by atoms with Gasteiger partial charge in [0, 0.05) is 5.69 Å². The van der Waals surface area contributed by atoms with E-state index < -0.39 is 0 Å². The molecule has 5 heteroatoms. The maximum absolute atomic E-state index is 9.35. The number of nitrogens with one attached hydrogen (secondary N) is 1. The van der Waals surface area contributed by atoms with Crippen LogP contribution in [0, 0.1) is 25.2 Å². The SMILES string of the molecule is Cc1nnc(NC2CCc3cc(N)ccc32)c(C#N)c1C. The van der Waals surface area contributed by atoms with Gasteiger partial charge in [-0.15, -0.1) is 5.10 Å². The summed E-state index contributed by atoms with van der Waals surface area (Å²) in [6, 6.07) is 8.37. The van der Waals surface area contributed by atoms with Crippen molar-refractivity contribution in [3.05, 3.63) is 46.1 Å². The van der Waals surface area contributed by atoms with E-state index >= 15 is 0 Å². The lowest BCUT2D eigenvalue weighted by atomic mass is 10.1. The van der Waals surface area contributed by atoms with Gasteiger partial charge < -0.3 is 11.1 Å². The number of aromatic nitrogens is 2. The smallest absolute Gasteiger partial charge is 0.167 e. The molecule has 1 aromatic heterocycles. The Morgan fingerprint density at radius 3 is 2.90 bits per heavy atom. The fraction of sp³-hybridized carbons (Fsp3) is 0.312. The Balaban J connectivity index is 1.94. The van der Waals surface area contributed by atoms with Gasteiger partial charge in [0.15, 0.2) is 5.82 Å². The largest absolute Gasteiger partial charge is 0.399 e. The molecule has 1 atom stereocenters. The van der Waals surface area contributed by atoms with E-state index in [1.165, 1.54) is 11.1 Å². The van der Waals surface area contributed by atoms with Gasteiger partial charge in [0.25, 0.3) is 0 Å². The third-order valence-electron chi connectivity index (χ3n) is 4.12. The molecule has 5 nitrogen and oxygen atoms in total. The van der Waals surface area contributed by atoms with Crippen LogP contribution in [0.15, 0.2) is 18.2 Å². The van der Waals surface area contributed by atoms with Crippen molar-refractivity contribution >= 4 is 11.5 Å². The summed E-state index contributed by atoms with van der Waals surface area (Å²) in [5.74, 6) is 0.565. The molecule has 0 spiro atoms. The van der Waals surface area contributed by atoms with Crippen LogP contribution in [0.5, 0.6) is 0 Å². The number of rotatable bonds is 2. The van der Waals surface area contributed by atoms with E-state index in [4.69, 9.17) is 5.73 Å². The first-order valence-electron chi connectivity index (χ1n) is 6.99. The summed E-state index contributed by atoms with van der Waals surface area (Å²) in [7, 11) is 0. The second-order valence-electron chi connectivity index (χ2n) is 5.44. The second-order valence-corrected chi connectivity index (χ2v) is 5.44. The van der Waals surface area contributed by atoms with E-state index in [-0.39, 0.29) is 6.04 Å². The van der Waals surface area contributed by atoms with Gasteiger partial charge >= 0.3 is 0 Å². The Morgan fingerprint density at radius 1 is 1.33 bits per heavy atom. The molecule has 0 fully saturated rings. The molecular weight excluding hydrogens is 262 g/mol. The molecular formula is C16H17N5. The number of nitrogens with zero attached hydrogens (tertiary/aromatic N) is 3. The van der Waals surface area contributed by atoms with Gasteiger partial charge in [-0.2, -0.15) is 10.4 Å². The Kier molecular flexibility index (Phi) is 3.22. The molecule has 3 N–H and O–H groups in total. The topological polar surface area (TPSA) is 87.6 Å². The van der Waals surface area contributed by atoms with Crippen LogP contribution >= 0.6 is 0 Å². The standard InChI is InChI=1S/C16H17N5/c1-9-10(2)20-21-16(14(9)8-17)19-15-6-3-11-7-12(18)4-5-13(11)15/h4-5,7,15H,3,6,18H2,1-2H3,(H,19,21). The van der Waals surface area contributed by atoms with Crippen molar-refractivity contribution in [2.75, 3.05) is 11.1 Å². The zero-order valence-corrected chi connectivity index (χ0v) is 12.1. The highest BCUT2D eigenvalue weighted by Gasteiger charge is 2.24. The summed E-state index contributed by atoms with van der Waals surface area (Å²) in [5, 5.41) is 21.0. The minimum absolute atomic E-state index is 0.157. The van der Waals surface area contributed by atoms with Gasteiger partial charge in [-0.1, -0.05) is 6.07 Å². The Morgan fingerprint density at radius 2 is 2.14 bits per heavy atom. The first-order chi connectivity index (χ1) is 10.1. The number of fused-ring (bicyclic) bond motifs is 1. The van der Waals surface area contributed by atoms with Crippen molar-refractivity contribution < 1.29 is 0 Å². The van der Waals surface area contributed by atoms with E-state index in [9.17, 15) is 5.26 Å². The summed E-state index contributed by atoms with van der Waals surface area (Å²) in [4.78, 5) is 0. The minimum Gasteiger partial charge on any atom is -0.399 e. The molecule has 0 amide bonds. The maximum atomic E-state index is 9.35. The van der Waals surface area contributed by atoms with Crippen molar-refractivity contribution in [3.63, 3.8) is 0 Å². The van der Waals surface area contributed by atoms with Crippen molar-refractivity contribution in [1.29, 1.82) is 5.26 Å². The van der Waals surface area contributed by atoms with Crippen LogP contribution in [0.1, 0.15) is 40.4 Å². The molecule has 1 aliphatic rings. The van der Waals surface area contributed by atoms with E-state index in [0.29, 0.717) is 11.4 Å². The van der Waals surface area contributed by atoms with Crippen LogP contribution in [0.4, 0.5) is 11.5 Å². The maximum Gasteiger partial charge on any atom is 0.167 e. The van der Waals surface area contributed by atoms with Gasteiger partial charge in [-0.25, -0.2) is 0 Å². The fourth-order valence-corrected chi connectivity index (χ4v) is 2.80. The number of aryl methyl sites for hydroxylation is 2. The summed E-state index contributed by atoms with van der Waals surface area (Å²) in [6.07, 6.45) is 1.95. The number of nitriles is 1. The van der Waals surface area contributed by atoms with Crippen LogP contribution in [-0.4, -0.2) is 10.2 Å². The van der Waals surface area contributed by atoms with Crippen LogP contribution in [0.25, 0.3) is 0 Å². The average molecular weight is 279 g/mol. The molecule has 0 bridgehead atoms. The van der Waals surface area contributed by atoms with E-state index in [1.54, 1.807) is 0 Å². The molecule has 1 unspecified atom stereocenters. The van der Waals surface area contributed by atoms with Gasteiger partial charge in [0.05, 0.1) is 11.7 Å². The number of nitrogens with two attached hydrogens (primary N) is 1. The normalized spacial score (nSPS) is 16.3. The summed E-state index contributed by atoms with van der Waals surface area (Å²) in [6.45, 7) is 3.76. The molecule has 1 heterocycles. The number of benzene rings is 1. The van der Waals surface area contributed by atoms with E-state index in [1.807, 2.05) is 26.0 Å². The number of hydrogen-bond acceptors (Lipinski definition) is 5. The number of anilines is 2. The van der Waals surface area contributed by atoms with E-state index in [0.717, 1.165) is 29.8 Å². The average Bonchev–Trinajstić information content (AvgIpc) is 2.85. The molecule has 106 valence electrons. The predicted molar refractivity (Wildman–Crippen MR) is 81.8 cm³/mol. The highest BCUT2D eigenvalue weighted by molar-refractivity contribution is 5.58. The van der Waals surface area contributed by atoms with E-state index in [2.05, 4.69) is 27.6 Å². The molecule has 2 aromatic rings. The van der Waals surface area contributed by atoms with Gasteiger partial charge in [0.1, 0.15) is 11.6 Å². The lowest BCUT2D eigenvalue weighted by molar-refractivity contribution is 0.750. The molecule has 0 saturated heterocycles. The van der Waals surface area contributed by atoms with Crippen LogP contribution in [0.3, 0.4) is 0 Å². The molecule has 0 saturated carbocycles. The summed E-state index contributed by atoms with van der Waals surface area (Å²) < 4.78 is 0. The summed E-state index contributed by atoms with van der Waals surface area (Å²) in [5.41, 5.74) is 11.4. The number of hydrogen-bond donors (Lipinski definition) is 2. The third-order valence-corrected chi connectivity index (χ3v) is 4.12. The lowest BCUT2D eigenvalue weighted by Gasteiger charge is -2.16. The zero-order valence-electron chi connectivity index (χ0n) is 12.1. The van der Waals surface area contributed by atoms with Crippen molar-refractivity contribution in [2.45, 2.75) is 32.7 Å². The molecule has 21 heavy (non-hydrogen) atoms. The highest BCUT2D eigenvalue weighted by Crippen LogP contribution is 2.35. The summed E-state index contributed by atoms with van der Waals surface area (Å²) >= 11 is 0. The number of nitrogen functional groups attached to an aromatic ring is 1. The van der Waals surface area contributed by atoms with Crippen molar-refractivity contribution in [3.8, 4) is 6.07 Å². The van der Waals surface area contributed by atoms with Gasteiger partial charge in [0.2, 0.25) is 0 Å². The Labute approximate surface area is 123 Å². The van der Waals surface area contributed by atoms with Crippen LogP contribution in [-0.2, 0) is 6.42 Å². The van der Waals surface area contributed by atoms with Crippen LogP contribution < -0.4 is 11.1 Å². The van der Waals surface area contributed by atoms with Gasteiger partial charge in [-0.05, 0) is 55.5 Å². The zero-order chi connectivity index (χ0) is 15.0. The monoisotopic (exact) mass is 279 g/mol. The third kappa shape index (κ3) is 2.29. The van der Waals surface area contributed by atoms with Crippen molar-refractivity contribution in [2.24, 2.45) is 0 Å². The van der Waals surface area contributed by atoms with Gasteiger partial charge in [-0.3, -0.25) is 0 Å².